The number of nitrogens with one attached hydrogen (secondary N) is 1. The van der Waals surface area contributed by atoms with E-state index in [9.17, 15) is 14.4 Å². The summed E-state index contributed by atoms with van der Waals surface area (Å²) in [5.74, 6) is -3.96. The van der Waals surface area contributed by atoms with Gasteiger partial charge in [0.05, 0.1) is 29.8 Å². The van der Waals surface area contributed by atoms with Crippen LogP contribution < -0.4 is 14.8 Å². The molecule has 256 valence electrons. The molecule has 3 fully saturated rings. The highest BCUT2D eigenvalue weighted by molar-refractivity contribution is 5.92. The van der Waals surface area contributed by atoms with Crippen molar-refractivity contribution in [2.24, 2.45) is 17.3 Å². The number of ketones is 1. The van der Waals surface area contributed by atoms with E-state index in [1.54, 1.807) is 18.2 Å². The van der Waals surface area contributed by atoms with Crippen LogP contribution in [-0.2, 0) is 20.2 Å². The SMILES string of the molecule is CC[C@@H]1[C@@H]2CN(C(=O)[C@H](C(C)(C)C)NC(=O)O[C@]3(C)C[C@H]3CCCCC(F)(F)c3cc4ccc(OC5CC5)cc4nc3O2)[C@@H]1C(C)=O. The van der Waals surface area contributed by atoms with Gasteiger partial charge in [0.2, 0.25) is 11.8 Å². The molecular formula is C36H47F2N3O6. The number of carbonyl (C=O) groups excluding carboxylic acids is 3. The van der Waals surface area contributed by atoms with E-state index in [1.807, 2.05) is 34.6 Å². The fourth-order valence-electron chi connectivity index (χ4n) is 7.32. The fraction of sp³-hybridized carbons (Fsp3) is 0.667. The van der Waals surface area contributed by atoms with E-state index in [0.717, 1.165) is 12.8 Å². The van der Waals surface area contributed by atoms with Crippen LogP contribution in [0.4, 0.5) is 13.6 Å². The zero-order chi connectivity index (χ0) is 33.9. The number of Topliss-reactive ketones (excluding diaryl/α,β-unsaturated/α-hetero) is 1. The fourth-order valence-corrected chi connectivity index (χ4v) is 7.32. The summed E-state index contributed by atoms with van der Waals surface area (Å²) in [6, 6.07) is 4.85. The topological polar surface area (TPSA) is 107 Å². The Kier molecular flexibility index (Phi) is 8.66. The van der Waals surface area contributed by atoms with Crippen molar-refractivity contribution < 1.29 is 37.4 Å². The number of nitrogens with zero attached hydrogens (tertiary/aromatic N) is 2. The number of halogens is 2. The standard InChI is InChI=1S/C36H47F2N3O6/c1-7-25-28-19-41(29(25)20(2)42)32(43)30(34(3,4)5)40-33(44)47-35(6)18-22(35)10-8-9-15-36(37,38)26-16-21-11-12-24(45-23-13-14-23)17-27(21)39-31(26)46-28/h11-12,16-17,22-23,25,28-30H,7-10,13-15,18-19H2,1-6H3,(H,40,44)/t22-,25-,28+,29-,30-,35-/m1/s1. The molecule has 2 aliphatic carbocycles. The van der Waals surface area contributed by atoms with Crippen LogP contribution in [0.3, 0.4) is 0 Å². The first-order valence-corrected chi connectivity index (χ1v) is 17.1. The molecule has 1 aromatic heterocycles. The molecule has 2 amide bonds. The van der Waals surface area contributed by atoms with Gasteiger partial charge in [-0.1, -0.05) is 34.1 Å². The molecule has 6 atom stereocenters. The minimum atomic E-state index is -3.25. The highest BCUT2D eigenvalue weighted by Crippen LogP contribution is 2.50. The molecule has 0 unspecified atom stereocenters. The monoisotopic (exact) mass is 655 g/mol. The van der Waals surface area contributed by atoms with Crippen LogP contribution in [-0.4, -0.2) is 64.1 Å². The van der Waals surface area contributed by atoms with Crippen molar-refractivity contribution in [2.75, 3.05) is 6.54 Å². The minimum absolute atomic E-state index is 0.0275. The van der Waals surface area contributed by atoms with Crippen LogP contribution >= 0.6 is 0 Å². The number of carbonyl (C=O) groups is 3. The third-order valence-electron chi connectivity index (χ3n) is 10.4. The molecule has 11 heteroatoms. The van der Waals surface area contributed by atoms with Gasteiger partial charge in [-0.25, -0.2) is 18.6 Å². The average molecular weight is 656 g/mol. The summed E-state index contributed by atoms with van der Waals surface area (Å²) in [7, 11) is 0. The Bertz CT molecular complexity index is 1560. The summed E-state index contributed by atoms with van der Waals surface area (Å²) >= 11 is 0. The van der Waals surface area contributed by atoms with Crippen molar-refractivity contribution in [1.82, 2.24) is 15.2 Å². The lowest BCUT2D eigenvalue weighted by Crippen LogP contribution is -2.57. The highest BCUT2D eigenvalue weighted by atomic mass is 19.3. The maximum Gasteiger partial charge on any atom is 0.408 e. The van der Waals surface area contributed by atoms with Gasteiger partial charge in [0, 0.05) is 29.7 Å². The van der Waals surface area contributed by atoms with E-state index in [0.29, 0.717) is 42.3 Å². The number of alkyl halides is 2. The van der Waals surface area contributed by atoms with E-state index < -0.39 is 59.5 Å². The summed E-state index contributed by atoms with van der Waals surface area (Å²) < 4.78 is 50.6. The number of hydrogen-bond donors (Lipinski definition) is 1. The number of fused-ring (bicyclic) bond motifs is 5. The summed E-state index contributed by atoms with van der Waals surface area (Å²) in [5, 5.41) is 3.36. The van der Waals surface area contributed by atoms with Crippen molar-refractivity contribution in [1.29, 1.82) is 0 Å². The first-order valence-electron chi connectivity index (χ1n) is 17.1. The van der Waals surface area contributed by atoms with Crippen molar-refractivity contribution >= 4 is 28.7 Å². The van der Waals surface area contributed by atoms with Gasteiger partial charge in [-0.05, 0) is 76.0 Å². The Morgan fingerprint density at radius 2 is 1.89 bits per heavy atom. The molecule has 2 bridgehead atoms. The number of alkyl carbamates (subject to hydrolysis) is 1. The van der Waals surface area contributed by atoms with Crippen molar-refractivity contribution in [2.45, 2.75) is 129 Å². The highest BCUT2D eigenvalue weighted by Gasteiger charge is 2.55. The Labute approximate surface area is 275 Å². The zero-order valence-corrected chi connectivity index (χ0v) is 28.2. The van der Waals surface area contributed by atoms with Crippen molar-refractivity contribution in [3.8, 4) is 11.6 Å². The predicted molar refractivity (Wildman–Crippen MR) is 172 cm³/mol. The van der Waals surface area contributed by atoms with E-state index in [2.05, 4.69) is 10.3 Å². The number of aromatic nitrogens is 1. The average Bonchev–Trinajstić information content (AvgIpc) is 3.88. The van der Waals surface area contributed by atoms with Gasteiger partial charge in [-0.2, -0.15) is 0 Å². The summed E-state index contributed by atoms with van der Waals surface area (Å²) in [4.78, 5) is 46.7. The Hall–Kier alpha value is -3.50. The second kappa shape index (κ2) is 12.2. The van der Waals surface area contributed by atoms with Gasteiger partial charge < -0.3 is 24.4 Å². The molecule has 6 rings (SSSR count). The first kappa shape index (κ1) is 33.4. The van der Waals surface area contributed by atoms with Crippen LogP contribution in [0, 0.1) is 17.3 Å². The molecule has 2 aromatic rings. The lowest BCUT2D eigenvalue weighted by atomic mass is 9.85. The van der Waals surface area contributed by atoms with E-state index in [-0.39, 0.29) is 42.2 Å². The maximum absolute atomic E-state index is 16.2. The number of pyridine rings is 1. The second-order valence-corrected chi connectivity index (χ2v) is 15.3. The van der Waals surface area contributed by atoms with Gasteiger partial charge in [0.1, 0.15) is 23.5 Å². The Balaban J connectivity index is 1.42. The van der Waals surface area contributed by atoms with Gasteiger partial charge in [0.15, 0.2) is 5.78 Å². The maximum atomic E-state index is 16.2. The smallest absolute Gasteiger partial charge is 0.408 e. The molecule has 3 heterocycles. The molecule has 1 saturated heterocycles. The number of hydrogen-bond acceptors (Lipinski definition) is 7. The molecule has 2 saturated carbocycles. The van der Waals surface area contributed by atoms with Crippen LogP contribution in [0.5, 0.6) is 11.6 Å². The van der Waals surface area contributed by atoms with Crippen LogP contribution in [0.2, 0.25) is 0 Å². The summed E-state index contributed by atoms with van der Waals surface area (Å²) in [6.07, 6.45) is 2.73. The molecule has 1 N–H and O–H groups in total. The Morgan fingerprint density at radius 3 is 2.55 bits per heavy atom. The largest absolute Gasteiger partial charge is 0.490 e. The van der Waals surface area contributed by atoms with Gasteiger partial charge >= 0.3 is 6.09 Å². The molecule has 9 nitrogen and oxygen atoms in total. The van der Waals surface area contributed by atoms with E-state index >= 15 is 8.78 Å². The third kappa shape index (κ3) is 6.90. The van der Waals surface area contributed by atoms with Gasteiger partial charge in [-0.15, -0.1) is 0 Å². The molecule has 47 heavy (non-hydrogen) atoms. The van der Waals surface area contributed by atoms with E-state index in [1.165, 1.54) is 17.9 Å². The van der Waals surface area contributed by atoms with Crippen LogP contribution in [0.25, 0.3) is 10.9 Å². The van der Waals surface area contributed by atoms with Crippen molar-refractivity contribution in [3.05, 3.63) is 29.8 Å². The van der Waals surface area contributed by atoms with Gasteiger partial charge in [0.25, 0.3) is 5.92 Å². The minimum Gasteiger partial charge on any atom is -0.490 e. The van der Waals surface area contributed by atoms with Crippen molar-refractivity contribution in [3.63, 3.8) is 0 Å². The summed E-state index contributed by atoms with van der Waals surface area (Å²) in [6.45, 7) is 10.6. The van der Waals surface area contributed by atoms with Crippen LogP contribution in [0.15, 0.2) is 24.3 Å². The zero-order valence-electron chi connectivity index (χ0n) is 28.2. The Morgan fingerprint density at radius 1 is 1.15 bits per heavy atom. The first-order chi connectivity index (χ1) is 22.1. The molecule has 4 aliphatic rings. The quantitative estimate of drug-likeness (QED) is 0.381. The second-order valence-electron chi connectivity index (χ2n) is 15.3. The predicted octanol–water partition coefficient (Wildman–Crippen LogP) is 6.93. The lowest BCUT2D eigenvalue weighted by molar-refractivity contribution is -0.141. The summed E-state index contributed by atoms with van der Waals surface area (Å²) in [5.41, 5.74) is -1.29. The number of amides is 2. The number of benzene rings is 1. The normalized spacial score (nSPS) is 31.4. The molecule has 1 aromatic carbocycles. The molecule has 0 spiro atoms. The molecular weight excluding hydrogens is 608 g/mol. The molecule has 0 radical (unpaired) electrons. The lowest BCUT2D eigenvalue weighted by Gasteiger charge is -2.35. The number of ether oxygens (including phenoxy) is 3. The van der Waals surface area contributed by atoms with Gasteiger partial charge in [-0.3, -0.25) is 9.59 Å². The van der Waals surface area contributed by atoms with E-state index in [4.69, 9.17) is 14.2 Å². The third-order valence-corrected chi connectivity index (χ3v) is 10.4. The van der Waals surface area contributed by atoms with Crippen LogP contribution in [0.1, 0.15) is 98.5 Å². The molecule has 2 aliphatic heterocycles. The number of rotatable bonds is 4.